The number of ether oxygens (including phenoxy) is 2. The molecule has 0 atom stereocenters. The molecule has 0 saturated heterocycles. The van der Waals surface area contributed by atoms with Crippen molar-refractivity contribution in [3.63, 3.8) is 0 Å². The van der Waals surface area contributed by atoms with E-state index in [2.05, 4.69) is 10.4 Å². The first kappa shape index (κ1) is 18.7. The maximum absolute atomic E-state index is 12.2. The van der Waals surface area contributed by atoms with E-state index in [0.717, 1.165) is 10.6 Å². The Kier molecular flexibility index (Phi) is 5.92. The van der Waals surface area contributed by atoms with Crippen LogP contribution in [0.15, 0.2) is 46.6 Å². The summed E-state index contributed by atoms with van der Waals surface area (Å²) < 4.78 is 13.3. The van der Waals surface area contributed by atoms with Crippen LogP contribution in [-0.4, -0.2) is 40.5 Å². The average molecular weight is 388 g/mol. The molecule has 1 N–H and O–H groups in total. The fourth-order valence-electron chi connectivity index (χ4n) is 2.43. The minimum Gasteiger partial charge on any atom is -0.497 e. The average Bonchev–Trinajstić information content (AvgIpc) is 3.31. The number of hydrogen-bond donors (Lipinski definition) is 1. The van der Waals surface area contributed by atoms with Gasteiger partial charge in [-0.25, -0.2) is 9.48 Å². The first-order valence-corrected chi connectivity index (χ1v) is 9.17. The number of nitrogens with zero attached hydrogens (tertiary/aromatic N) is 3. The van der Waals surface area contributed by atoms with Gasteiger partial charge in [-0.3, -0.25) is 9.36 Å². The van der Waals surface area contributed by atoms with Crippen LogP contribution in [0.25, 0.3) is 10.7 Å². The summed E-state index contributed by atoms with van der Waals surface area (Å²) in [6, 6.07) is 10.8. The van der Waals surface area contributed by atoms with Crippen LogP contribution in [0.4, 0.5) is 0 Å². The van der Waals surface area contributed by atoms with E-state index in [-0.39, 0.29) is 31.3 Å². The third kappa shape index (κ3) is 4.56. The molecule has 3 aromatic rings. The lowest BCUT2D eigenvalue weighted by Crippen LogP contribution is -2.34. The molecule has 2 aromatic heterocycles. The molecule has 0 spiro atoms. The molecule has 0 aliphatic carbocycles. The van der Waals surface area contributed by atoms with Crippen molar-refractivity contribution in [1.82, 2.24) is 19.7 Å². The van der Waals surface area contributed by atoms with Gasteiger partial charge in [0.05, 0.1) is 18.5 Å². The highest BCUT2D eigenvalue weighted by molar-refractivity contribution is 7.13. The lowest BCUT2D eigenvalue weighted by molar-refractivity contribution is -0.123. The van der Waals surface area contributed by atoms with Gasteiger partial charge in [0.25, 0.3) is 5.91 Å². The second-order valence-electron chi connectivity index (χ2n) is 5.68. The monoisotopic (exact) mass is 388 g/mol. The number of carbonyl (C=O) groups excluding carboxylic acids is 1. The van der Waals surface area contributed by atoms with Gasteiger partial charge in [-0.2, -0.15) is 0 Å². The molecule has 9 heteroatoms. The number of nitrogens with one attached hydrogen (secondary N) is 1. The van der Waals surface area contributed by atoms with Crippen molar-refractivity contribution < 1.29 is 14.3 Å². The molecule has 2 heterocycles. The summed E-state index contributed by atoms with van der Waals surface area (Å²) in [5, 5.41) is 8.99. The Morgan fingerprint density at radius 2 is 1.96 bits per heavy atom. The van der Waals surface area contributed by atoms with E-state index in [4.69, 9.17) is 9.47 Å². The third-order valence-electron chi connectivity index (χ3n) is 3.86. The molecule has 142 valence electrons. The second kappa shape index (κ2) is 8.54. The zero-order chi connectivity index (χ0) is 19.2. The van der Waals surface area contributed by atoms with E-state index >= 15 is 0 Å². The van der Waals surface area contributed by atoms with Gasteiger partial charge >= 0.3 is 5.69 Å². The number of thiophene rings is 1. The summed E-state index contributed by atoms with van der Waals surface area (Å²) in [4.78, 5) is 25.1. The van der Waals surface area contributed by atoms with Crippen molar-refractivity contribution in [2.24, 2.45) is 7.05 Å². The highest BCUT2D eigenvalue weighted by Gasteiger charge is 2.13. The van der Waals surface area contributed by atoms with Crippen LogP contribution in [0.1, 0.15) is 0 Å². The molecule has 1 aromatic carbocycles. The Morgan fingerprint density at radius 1 is 1.22 bits per heavy atom. The molecule has 0 bridgehead atoms. The van der Waals surface area contributed by atoms with Crippen LogP contribution >= 0.6 is 11.3 Å². The van der Waals surface area contributed by atoms with Crippen molar-refractivity contribution in [2.45, 2.75) is 6.54 Å². The minimum absolute atomic E-state index is 0.107. The number of benzene rings is 1. The maximum Gasteiger partial charge on any atom is 0.346 e. The molecule has 8 nitrogen and oxygen atoms in total. The predicted molar refractivity (Wildman–Crippen MR) is 102 cm³/mol. The van der Waals surface area contributed by atoms with Crippen LogP contribution in [0.5, 0.6) is 11.5 Å². The summed E-state index contributed by atoms with van der Waals surface area (Å²) >= 11 is 1.52. The standard InChI is InChI=1S/C18H20N4O4S/c1-21-17(15-4-3-11-27-15)20-22(18(21)24)10-9-19-16(23)12-26-14-7-5-13(25-2)6-8-14/h3-8,11H,9-10,12H2,1-2H3,(H,19,23). The van der Waals surface area contributed by atoms with E-state index in [1.165, 1.54) is 20.6 Å². The highest BCUT2D eigenvalue weighted by Crippen LogP contribution is 2.20. The van der Waals surface area contributed by atoms with Gasteiger partial charge in [0, 0.05) is 13.6 Å². The zero-order valence-corrected chi connectivity index (χ0v) is 15.9. The van der Waals surface area contributed by atoms with Crippen molar-refractivity contribution in [3.8, 4) is 22.2 Å². The molecule has 0 aliphatic heterocycles. The van der Waals surface area contributed by atoms with E-state index in [1.807, 2.05) is 17.5 Å². The highest BCUT2D eigenvalue weighted by atomic mass is 32.1. The first-order valence-electron chi connectivity index (χ1n) is 8.29. The smallest absolute Gasteiger partial charge is 0.346 e. The molecular weight excluding hydrogens is 368 g/mol. The molecule has 27 heavy (non-hydrogen) atoms. The third-order valence-corrected chi connectivity index (χ3v) is 4.72. The van der Waals surface area contributed by atoms with E-state index in [1.54, 1.807) is 38.4 Å². The number of carbonyl (C=O) groups is 1. The lowest BCUT2D eigenvalue weighted by atomic mass is 10.3. The zero-order valence-electron chi connectivity index (χ0n) is 15.0. The normalized spacial score (nSPS) is 10.6. The van der Waals surface area contributed by atoms with Gasteiger partial charge in [0.15, 0.2) is 12.4 Å². The summed E-state index contributed by atoms with van der Waals surface area (Å²) in [5.41, 5.74) is -0.220. The van der Waals surface area contributed by atoms with Gasteiger partial charge in [0.2, 0.25) is 0 Å². The largest absolute Gasteiger partial charge is 0.497 e. The second-order valence-corrected chi connectivity index (χ2v) is 6.63. The minimum atomic E-state index is -0.270. The summed E-state index contributed by atoms with van der Waals surface area (Å²) in [7, 11) is 3.27. The van der Waals surface area contributed by atoms with Gasteiger partial charge in [-0.1, -0.05) is 6.07 Å². The van der Waals surface area contributed by atoms with E-state index < -0.39 is 0 Å². The predicted octanol–water partition coefficient (Wildman–Crippen LogP) is 1.51. The van der Waals surface area contributed by atoms with Gasteiger partial charge in [-0.15, -0.1) is 16.4 Å². The molecule has 0 unspecified atom stereocenters. The van der Waals surface area contributed by atoms with Crippen molar-refractivity contribution >= 4 is 17.2 Å². The molecule has 0 aliphatic rings. The van der Waals surface area contributed by atoms with Crippen LogP contribution in [0, 0.1) is 0 Å². The van der Waals surface area contributed by atoms with Crippen LogP contribution < -0.4 is 20.5 Å². The van der Waals surface area contributed by atoms with E-state index in [0.29, 0.717) is 11.6 Å². The number of hydrogen-bond acceptors (Lipinski definition) is 6. The van der Waals surface area contributed by atoms with Gasteiger partial charge in [-0.05, 0) is 35.7 Å². The van der Waals surface area contributed by atoms with E-state index in [9.17, 15) is 9.59 Å². The fourth-order valence-corrected chi connectivity index (χ4v) is 3.17. The van der Waals surface area contributed by atoms with Crippen molar-refractivity contribution in [1.29, 1.82) is 0 Å². The number of aromatic nitrogens is 3. The summed E-state index contributed by atoms with van der Waals surface area (Å²) in [5.74, 6) is 1.64. The molecule has 0 radical (unpaired) electrons. The Balaban J connectivity index is 1.48. The van der Waals surface area contributed by atoms with Crippen LogP contribution in [0.2, 0.25) is 0 Å². The SMILES string of the molecule is COc1ccc(OCC(=O)NCCn2nc(-c3cccs3)n(C)c2=O)cc1. The first-order chi connectivity index (χ1) is 13.1. The van der Waals surface area contributed by atoms with Crippen molar-refractivity contribution in [3.05, 3.63) is 52.3 Å². The quantitative estimate of drug-likeness (QED) is 0.632. The lowest BCUT2D eigenvalue weighted by Gasteiger charge is -2.08. The number of amides is 1. The summed E-state index contributed by atoms with van der Waals surface area (Å²) in [6.07, 6.45) is 0. The summed E-state index contributed by atoms with van der Waals surface area (Å²) in [6.45, 7) is 0.460. The van der Waals surface area contributed by atoms with Gasteiger partial charge < -0.3 is 14.8 Å². The van der Waals surface area contributed by atoms with Gasteiger partial charge in [0.1, 0.15) is 11.5 Å². The molecule has 1 amide bonds. The Bertz CT molecular complexity index is 945. The topological polar surface area (TPSA) is 87.4 Å². The molecular formula is C18H20N4O4S. The van der Waals surface area contributed by atoms with Crippen LogP contribution in [0.3, 0.4) is 0 Å². The Hall–Kier alpha value is -3.07. The Morgan fingerprint density at radius 3 is 2.63 bits per heavy atom. The molecule has 3 rings (SSSR count). The number of methoxy groups -OCH3 is 1. The number of rotatable bonds is 8. The molecule has 0 fully saturated rings. The van der Waals surface area contributed by atoms with Crippen LogP contribution in [-0.2, 0) is 18.4 Å². The fraction of sp³-hybridized carbons (Fsp3) is 0.278. The Labute approximate surface area is 160 Å². The maximum atomic E-state index is 12.2. The van der Waals surface area contributed by atoms with Crippen molar-refractivity contribution in [2.75, 3.05) is 20.3 Å². The molecule has 0 saturated carbocycles.